The van der Waals surface area contributed by atoms with E-state index in [2.05, 4.69) is 20.2 Å². The van der Waals surface area contributed by atoms with Crippen LogP contribution in [0.5, 0.6) is 5.75 Å². The van der Waals surface area contributed by atoms with Gasteiger partial charge in [0.1, 0.15) is 17.0 Å². The number of nitrogens with zero attached hydrogens (tertiary/aromatic N) is 3. The largest absolute Gasteiger partial charge is 0.492 e. The van der Waals surface area contributed by atoms with E-state index in [1.54, 1.807) is 36.5 Å². The van der Waals surface area contributed by atoms with Crippen LogP contribution < -0.4 is 10.1 Å². The zero-order chi connectivity index (χ0) is 29.7. The Bertz CT molecular complexity index is 1420. The molecule has 2 heterocycles. The lowest BCUT2D eigenvalue weighted by Gasteiger charge is -2.35. The third-order valence-electron chi connectivity index (χ3n) is 7.14. The van der Waals surface area contributed by atoms with Crippen molar-refractivity contribution in [2.24, 2.45) is 0 Å². The van der Waals surface area contributed by atoms with Crippen molar-refractivity contribution in [3.8, 4) is 28.3 Å². The highest BCUT2D eigenvalue weighted by Gasteiger charge is 2.43. The number of hydrogen-bond donors (Lipinski definition) is 3. The van der Waals surface area contributed by atoms with Gasteiger partial charge in [0.05, 0.1) is 34.1 Å². The number of amides is 1. The minimum atomic E-state index is -1.48. The van der Waals surface area contributed by atoms with Gasteiger partial charge in [-0.25, -0.2) is 9.78 Å². The number of halogens is 2. The highest BCUT2D eigenvalue weighted by molar-refractivity contribution is 6.33. The first kappa shape index (κ1) is 30.7. The summed E-state index contributed by atoms with van der Waals surface area (Å²) in [5.74, 6) is -1.30. The van der Waals surface area contributed by atoms with Crippen LogP contribution in [0.2, 0.25) is 10.0 Å². The van der Waals surface area contributed by atoms with E-state index < -0.39 is 23.5 Å². The quantitative estimate of drug-likeness (QED) is 0.270. The topological polar surface area (TPSA) is 125 Å². The number of ether oxygens (including phenoxy) is 1. The van der Waals surface area contributed by atoms with Crippen LogP contribution in [0.1, 0.15) is 48.2 Å². The Labute approximate surface area is 249 Å². The van der Waals surface area contributed by atoms with E-state index in [0.29, 0.717) is 44.9 Å². The summed E-state index contributed by atoms with van der Waals surface area (Å²) in [6.07, 6.45) is 2.72. The second-order valence-electron chi connectivity index (χ2n) is 10.7. The molecule has 0 radical (unpaired) electrons. The van der Waals surface area contributed by atoms with E-state index in [4.69, 9.17) is 27.9 Å². The summed E-state index contributed by atoms with van der Waals surface area (Å²) in [5, 5.41) is 23.4. The highest BCUT2D eigenvalue weighted by Crippen LogP contribution is 2.37. The summed E-state index contributed by atoms with van der Waals surface area (Å²) in [6, 6.07) is 10.2. The van der Waals surface area contributed by atoms with Gasteiger partial charge in [0.15, 0.2) is 0 Å². The Kier molecular flexibility index (Phi) is 9.86. The van der Waals surface area contributed by atoms with Crippen LogP contribution in [0.3, 0.4) is 0 Å². The van der Waals surface area contributed by atoms with E-state index in [1.807, 2.05) is 21.0 Å². The van der Waals surface area contributed by atoms with E-state index in [9.17, 15) is 19.8 Å². The van der Waals surface area contributed by atoms with Crippen LogP contribution in [0.25, 0.3) is 22.5 Å². The number of hydrogen-bond acceptors (Lipinski definition) is 7. The average Bonchev–Trinajstić information content (AvgIpc) is 2.93. The summed E-state index contributed by atoms with van der Waals surface area (Å²) < 4.78 is 5.97. The normalized spacial score (nSPS) is 18.8. The van der Waals surface area contributed by atoms with Gasteiger partial charge < -0.3 is 25.2 Å². The van der Waals surface area contributed by atoms with Crippen molar-refractivity contribution in [2.75, 3.05) is 27.2 Å². The molecular formula is C30H34Cl2N4O5. The van der Waals surface area contributed by atoms with Gasteiger partial charge in [0, 0.05) is 23.9 Å². The predicted octanol–water partition coefficient (Wildman–Crippen LogP) is 5.24. The molecule has 9 nitrogen and oxygen atoms in total. The Hall–Kier alpha value is -3.24. The van der Waals surface area contributed by atoms with Crippen LogP contribution >= 0.6 is 23.2 Å². The summed E-state index contributed by atoms with van der Waals surface area (Å²) in [7, 11) is 3.98. The molecule has 0 aliphatic heterocycles. The van der Waals surface area contributed by atoms with Crippen LogP contribution in [-0.2, 0) is 4.79 Å². The highest BCUT2D eigenvalue weighted by atomic mass is 35.5. The second-order valence-corrected chi connectivity index (χ2v) is 11.5. The lowest BCUT2D eigenvalue weighted by Crippen LogP contribution is -2.57. The second kappa shape index (κ2) is 13.2. The number of rotatable bonds is 10. The first-order chi connectivity index (χ1) is 19.5. The lowest BCUT2D eigenvalue weighted by molar-refractivity contribution is -0.146. The van der Waals surface area contributed by atoms with Crippen LogP contribution in [-0.4, -0.2) is 75.8 Å². The molecule has 1 aromatic carbocycles. The fraction of sp³-hybridized carbons (Fsp3) is 0.400. The molecule has 1 aliphatic rings. The Balaban J connectivity index is 1.74. The van der Waals surface area contributed by atoms with E-state index in [1.165, 1.54) is 6.07 Å². The average molecular weight is 602 g/mol. The SMILES string of the molecule is Cc1cnc(-c2ccc(C(=O)N[C@]3(C(=O)O)CC[C@@H](O)CC3)nc2-c2ccc(Cl)c(OCCCN(C)C)c2)c(Cl)c1. The molecule has 3 N–H and O–H groups in total. The molecule has 218 valence electrons. The lowest BCUT2D eigenvalue weighted by atomic mass is 9.80. The van der Waals surface area contributed by atoms with E-state index in [-0.39, 0.29) is 31.4 Å². The molecule has 1 aliphatic carbocycles. The number of nitrogens with one attached hydrogen (secondary N) is 1. The zero-order valence-electron chi connectivity index (χ0n) is 23.3. The number of carboxylic acid groups (broad SMARTS) is 1. The third kappa shape index (κ3) is 7.35. The van der Waals surface area contributed by atoms with Gasteiger partial charge in [-0.2, -0.15) is 0 Å². The molecule has 3 aromatic rings. The first-order valence-corrected chi connectivity index (χ1v) is 14.2. The fourth-order valence-corrected chi connectivity index (χ4v) is 5.32. The number of carboxylic acids is 1. The van der Waals surface area contributed by atoms with Crippen molar-refractivity contribution in [1.29, 1.82) is 0 Å². The number of benzene rings is 1. The van der Waals surface area contributed by atoms with Gasteiger partial charge in [0.25, 0.3) is 5.91 Å². The minimum Gasteiger partial charge on any atom is -0.492 e. The predicted molar refractivity (Wildman–Crippen MR) is 159 cm³/mol. The van der Waals surface area contributed by atoms with Gasteiger partial charge in [-0.15, -0.1) is 0 Å². The number of aliphatic hydroxyl groups is 1. The molecular weight excluding hydrogens is 567 g/mol. The maximum Gasteiger partial charge on any atom is 0.329 e. The molecule has 0 saturated heterocycles. The molecule has 1 saturated carbocycles. The number of pyridine rings is 2. The molecule has 0 bridgehead atoms. The fourth-order valence-electron chi connectivity index (χ4n) is 4.82. The van der Waals surface area contributed by atoms with E-state index in [0.717, 1.165) is 18.5 Å². The van der Waals surface area contributed by atoms with Gasteiger partial charge in [-0.05, 0) is 89.0 Å². The van der Waals surface area contributed by atoms with Gasteiger partial charge >= 0.3 is 5.97 Å². The van der Waals surface area contributed by atoms with Crippen molar-refractivity contribution in [3.63, 3.8) is 0 Å². The van der Waals surface area contributed by atoms with Crippen molar-refractivity contribution in [1.82, 2.24) is 20.2 Å². The smallest absolute Gasteiger partial charge is 0.329 e. The number of aliphatic hydroxyl groups excluding tert-OH is 1. The monoisotopic (exact) mass is 600 g/mol. The minimum absolute atomic E-state index is 0.0298. The van der Waals surface area contributed by atoms with Crippen molar-refractivity contribution >= 4 is 35.1 Å². The number of carbonyl (C=O) groups excluding carboxylic acids is 1. The maximum atomic E-state index is 13.4. The number of aryl methyl sites for hydroxylation is 1. The molecule has 0 unspecified atom stereocenters. The van der Waals surface area contributed by atoms with Crippen LogP contribution in [0.15, 0.2) is 42.6 Å². The molecule has 0 spiro atoms. The standard InChI is InChI=1S/C30H34Cl2N4O5/c1-18-15-23(32)27(33-17-18)21-6-8-24(28(38)35-30(29(39)40)11-9-20(37)10-12-30)34-26(21)19-5-7-22(31)25(16-19)41-14-4-13-36(2)3/h5-8,15-17,20,37H,4,9-14H2,1-3H3,(H,35,38)(H,39,40)/t20-,30-. The molecule has 4 rings (SSSR count). The summed E-state index contributed by atoms with van der Waals surface area (Å²) in [5.41, 5.74) is 1.54. The van der Waals surface area contributed by atoms with Gasteiger partial charge in [0.2, 0.25) is 0 Å². The van der Waals surface area contributed by atoms with Crippen molar-refractivity contribution in [2.45, 2.75) is 50.7 Å². The number of aromatic nitrogens is 2. The van der Waals surface area contributed by atoms with Gasteiger partial charge in [-0.1, -0.05) is 29.3 Å². The summed E-state index contributed by atoms with van der Waals surface area (Å²) in [6.45, 7) is 3.20. The molecule has 2 aromatic heterocycles. The van der Waals surface area contributed by atoms with Crippen molar-refractivity contribution < 1.29 is 24.5 Å². The van der Waals surface area contributed by atoms with Gasteiger partial charge in [-0.3, -0.25) is 9.78 Å². The Morgan fingerprint density at radius 3 is 2.49 bits per heavy atom. The Morgan fingerprint density at radius 1 is 1.10 bits per heavy atom. The zero-order valence-corrected chi connectivity index (χ0v) is 24.8. The third-order valence-corrected chi connectivity index (χ3v) is 7.74. The first-order valence-electron chi connectivity index (χ1n) is 13.4. The summed E-state index contributed by atoms with van der Waals surface area (Å²) >= 11 is 13.0. The van der Waals surface area contributed by atoms with E-state index >= 15 is 0 Å². The number of aliphatic carboxylic acids is 1. The summed E-state index contributed by atoms with van der Waals surface area (Å²) in [4.78, 5) is 36.9. The maximum absolute atomic E-state index is 13.4. The molecule has 41 heavy (non-hydrogen) atoms. The number of carbonyl (C=O) groups is 2. The molecule has 1 amide bonds. The van der Waals surface area contributed by atoms with Crippen LogP contribution in [0.4, 0.5) is 0 Å². The van der Waals surface area contributed by atoms with Crippen LogP contribution in [0, 0.1) is 6.92 Å². The molecule has 1 fully saturated rings. The van der Waals surface area contributed by atoms with Crippen molar-refractivity contribution in [3.05, 3.63) is 63.9 Å². The molecule has 11 heteroatoms. The Morgan fingerprint density at radius 2 is 1.83 bits per heavy atom. The molecule has 0 atom stereocenters.